The molecule has 0 bridgehead atoms. The normalized spacial score (nSPS) is 20.3. The van der Waals surface area contributed by atoms with E-state index in [9.17, 15) is 27.9 Å². The summed E-state index contributed by atoms with van der Waals surface area (Å²) in [5.41, 5.74) is 2.25. The monoisotopic (exact) mass is 600 g/mol. The molecule has 0 unspecified atom stereocenters. The number of hydroxylamine groups is 2. The Morgan fingerprint density at radius 1 is 1.02 bits per heavy atom. The average molecular weight is 601 g/mol. The standard InChI is InChI=1S/C31H35F3N4O5/c1-20-18-23(27(39)37-13-9-29(3,41)10-14-37)19-21(2)25(20)8-17-42-38-15-11-30(12-16-38)28(40)35-26(36-30)22-4-6-24(7-5-22)43-31(32,33)34/h4-8,17-19,41H,9-16H2,1-3H3,(H,35,36,40)/b17-8+. The fourth-order valence-corrected chi connectivity index (χ4v) is 5.69. The molecule has 3 heterocycles. The van der Waals surface area contributed by atoms with Crippen LogP contribution in [-0.4, -0.2) is 76.4 Å². The third kappa shape index (κ3) is 7.02. The second-order valence-corrected chi connectivity index (χ2v) is 11.7. The van der Waals surface area contributed by atoms with Crippen molar-refractivity contribution in [1.29, 1.82) is 0 Å². The highest BCUT2D eigenvalue weighted by atomic mass is 19.4. The Morgan fingerprint density at radius 3 is 2.21 bits per heavy atom. The number of aliphatic hydroxyl groups is 1. The van der Waals surface area contributed by atoms with Gasteiger partial charge in [0.2, 0.25) is 0 Å². The molecule has 9 nitrogen and oxygen atoms in total. The molecule has 2 fully saturated rings. The number of alkyl halides is 3. The van der Waals surface area contributed by atoms with E-state index in [0.29, 0.717) is 68.8 Å². The van der Waals surface area contributed by atoms with Gasteiger partial charge in [0.1, 0.15) is 23.4 Å². The molecule has 3 aliphatic heterocycles. The summed E-state index contributed by atoms with van der Waals surface area (Å²) in [6.45, 7) is 7.63. The van der Waals surface area contributed by atoms with Gasteiger partial charge in [0.25, 0.3) is 11.8 Å². The minimum Gasteiger partial charge on any atom is -0.414 e. The van der Waals surface area contributed by atoms with E-state index in [1.807, 2.05) is 32.1 Å². The van der Waals surface area contributed by atoms with Crippen LogP contribution in [0.25, 0.3) is 6.08 Å². The van der Waals surface area contributed by atoms with Gasteiger partial charge >= 0.3 is 6.36 Å². The molecule has 1 spiro atoms. The van der Waals surface area contributed by atoms with Crippen LogP contribution in [0, 0.1) is 13.8 Å². The van der Waals surface area contributed by atoms with Gasteiger partial charge in [-0.1, -0.05) is 0 Å². The summed E-state index contributed by atoms with van der Waals surface area (Å²) in [7, 11) is 0. The molecule has 0 radical (unpaired) electrons. The zero-order valence-corrected chi connectivity index (χ0v) is 24.3. The molecule has 12 heteroatoms. The number of rotatable bonds is 6. The number of benzene rings is 2. The van der Waals surface area contributed by atoms with Crippen molar-refractivity contribution in [2.45, 2.75) is 64.0 Å². The number of amides is 2. The molecular formula is C31H35F3N4O5. The number of likely N-dealkylation sites (tertiary alicyclic amines) is 1. The van der Waals surface area contributed by atoms with E-state index in [4.69, 9.17) is 4.84 Å². The number of aliphatic imine (C=N–C) groups is 1. The highest BCUT2D eigenvalue weighted by Gasteiger charge is 2.46. The largest absolute Gasteiger partial charge is 0.573 e. The molecule has 2 amide bonds. The fraction of sp³-hybridized carbons (Fsp3) is 0.452. The summed E-state index contributed by atoms with van der Waals surface area (Å²) in [4.78, 5) is 38.2. The van der Waals surface area contributed by atoms with Crippen LogP contribution < -0.4 is 10.1 Å². The Bertz CT molecular complexity index is 1410. The molecule has 2 saturated heterocycles. The summed E-state index contributed by atoms with van der Waals surface area (Å²) < 4.78 is 41.2. The number of piperidine rings is 2. The van der Waals surface area contributed by atoms with Crippen LogP contribution in [0.15, 0.2) is 47.7 Å². The smallest absolute Gasteiger partial charge is 0.414 e. The molecule has 230 valence electrons. The van der Waals surface area contributed by atoms with Gasteiger partial charge in [-0.2, -0.15) is 0 Å². The van der Waals surface area contributed by atoms with Crippen molar-refractivity contribution in [2.75, 3.05) is 26.2 Å². The summed E-state index contributed by atoms with van der Waals surface area (Å²) >= 11 is 0. The number of amidine groups is 1. The SMILES string of the molecule is Cc1cc(C(=O)N2CCC(C)(O)CC2)cc(C)c1/C=C/ON1CCC2(CC1)N=C(c1ccc(OC(F)(F)F)cc1)NC2=O. The highest BCUT2D eigenvalue weighted by Crippen LogP contribution is 2.32. The predicted octanol–water partition coefficient (Wildman–Crippen LogP) is 4.50. The maximum absolute atomic E-state index is 13.1. The number of nitrogens with one attached hydrogen (secondary N) is 1. The maximum Gasteiger partial charge on any atom is 0.573 e. The van der Waals surface area contributed by atoms with Gasteiger partial charge < -0.3 is 24.9 Å². The third-order valence-electron chi connectivity index (χ3n) is 8.30. The Labute approximate surface area is 247 Å². The zero-order valence-electron chi connectivity index (χ0n) is 24.3. The average Bonchev–Trinajstić information content (AvgIpc) is 3.25. The lowest BCUT2D eigenvalue weighted by Gasteiger charge is -2.36. The zero-order chi connectivity index (χ0) is 31.0. The summed E-state index contributed by atoms with van der Waals surface area (Å²) in [5.74, 6) is -0.315. The molecule has 3 aliphatic rings. The molecule has 2 N–H and O–H groups in total. The predicted molar refractivity (Wildman–Crippen MR) is 153 cm³/mol. The van der Waals surface area contributed by atoms with Crippen molar-refractivity contribution in [3.63, 3.8) is 0 Å². The quantitative estimate of drug-likeness (QED) is 0.474. The van der Waals surface area contributed by atoms with E-state index in [0.717, 1.165) is 16.7 Å². The molecule has 2 aromatic carbocycles. The van der Waals surface area contributed by atoms with Crippen LogP contribution in [0.4, 0.5) is 13.2 Å². The summed E-state index contributed by atoms with van der Waals surface area (Å²) in [6, 6.07) is 8.96. The molecule has 5 rings (SSSR count). The molecule has 43 heavy (non-hydrogen) atoms. The lowest BCUT2D eigenvalue weighted by atomic mass is 9.89. The number of hydrogen-bond acceptors (Lipinski definition) is 7. The van der Waals surface area contributed by atoms with Crippen molar-refractivity contribution in [1.82, 2.24) is 15.3 Å². The van der Waals surface area contributed by atoms with E-state index in [2.05, 4.69) is 15.0 Å². The van der Waals surface area contributed by atoms with Crippen LogP contribution in [-0.2, 0) is 9.63 Å². The Balaban J connectivity index is 1.16. The van der Waals surface area contributed by atoms with Crippen molar-refractivity contribution >= 4 is 23.7 Å². The minimum atomic E-state index is -4.78. The second-order valence-electron chi connectivity index (χ2n) is 11.7. The molecule has 2 aromatic rings. The van der Waals surface area contributed by atoms with Gasteiger partial charge in [0.05, 0.1) is 5.60 Å². The van der Waals surface area contributed by atoms with E-state index in [1.165, 1.54) is 24.3 Å². The number of hydrogen-bond donors (Lipinski definition) is 2. The highest BCUT2D eigenvalue weighted by molar-refractivity contribution is 6.15. The maximum atomic E-state index is 13.1. The number of halogens is 3. The van der Waals surface area contributed by atoms with E-state index < -0.39 is 17.5 Å². The summed E-state index contributed by atoms with van der Waals surface area (Å²) in [5, 5.41) is 14.7. The first-order valence-corrected chi connectivity index (χ1v) is 14.2. The number of carbonyl (C=O) groups excluding carboxylic acids is 2. The second kappa shape index (κ2) is 11.6. The van der Waals surface area contributed by atoms with E-state index in [-0.39, 0.29) is 17.6 Å². The first-order chi connectivity index (χ1) is 20.2. The molecule has 0 saturated carbocycles. The van der Waals surface area contributed by atoms with Crippen molar-refractivity contribution in [3.05, 3.63) is 70.5 Å². The van der Waals surface area contributed by atoms with Crippen molar-refractivity contribution < 1.29 is 37.4 Å². The van der Waals surface area contributed by atoms with Gasteiger partial charge in [-0.15, -0.1) is 18.2 Å². The third-order valence-corrected chi connectivity index (χ3v) is 8.30. The first-order valence-electron chi connectivity index (χ1n) is 14.2. The van der Waals surface area contributed by atoms with Gasteiger partial charge in [0.15, 0.2) is 0 Å². The summed E-state index contributed by atoms with van der Waals surface area (Å²) in [6.07, 6.45) is 0.599. The number of ether oxygens (including phenoxy) is 1. The topological polar surface area (TPSA) is 104 Å². The van der Waals surface area contributed by atoms with Crippen LogP contribution in [0.3, 0.4) is 0 Å². The van der Waals surface area contributed by atoms with Gasteiger partial charge in [-0.05, 0) is 106 Å². The Kier molecular flexibility index (Phi) is 8.28. The lowest BCUT2D eigenvalue weighted by Crippen LogP contribution is -2.48. The minimum absolute atomic E-state index is 0.0371. The molecule has 0 atom stereocenters. The molecular weight excluding hydrogens is 565 g/mol. The Morgan fingerprint density at radius 2 is 1.63 bits per heavy atom. The lowest BCUT2D eigenvalue weighted by molar-refractivity contribution is -0.274. The molecule has 0 aliphatic carbocycles. The van der Waals surface area contributed by atoms with Crippen LogP contribution in [0.5, 0.6) is 5.75 Å². The van der Waals surface area contributed by atoms with Crippen molar-refractivity contribution in [3.8, 4) is 5.75 Å². The fourth-order valence-electron chi connectivity index (χ4n) is 5.69. The first kappa shape index (κ1) is 30.6. The number of nitrogens with zero attached hydrogens (tertiary/aromatic N) is 3. The molecule has 0 aromatic heterocycles. The van der Waals surface area contributed by atoms with Crippen LogP contribution >= 0.6 is 0 Å². The van der Waals surface area contributed by atoms with Gasteiger partial charge in [0, 0.05) is 37.3 Å². The van der Waals surface area contributed by atoms with Gasteiger partial charge in [-0.3, -0.25) is 14.6 Å². The van der Waals surface area contributed by atoms with E-state index >= 15 is 0 Å². The Hall–Kier alpha value is -3.90. The van der Waals surface area contributed by atoms with Crippen LogP contribution in [0.2, 0.25) is 0 Å². The van der Waals surface area contributed by atoms with Crippen LogP contribution in [0.1, 0.15) is 65.2 Å². The number of carbonyl (C=O) groups is 2. The van der Waals surface area contributed by atoms with Gasteiger partial charge in [-0.25, -0.2) is 0 Å². The number of aryl methyl sites for hydroxylation is 2. The van der Waals surface area contributed by atoms with Crippen molar-refractivity contribution in [2.24, 2.45) is 4.99 Å². The van der Waals surface area contributed by atoms with E-state index in [1.54, 1.807) is 23.1 Å².